The number of rotatable bonds is 2. The predicted octanol–water partition coefficient (Wildman–Crippen LogP) is 2.37. The minimum Gasteiger partial charge on any atom is -0.384 e. The molecule has 2 aliphatic rings. The molecule has 1 unspecified atom stereocenters. The molecule has 0 bridgehead atoms. The van der Waals surface area contributed by atoms with E-state index in [1.807, 2.05) is 0 Å². The maximum Gasteiger partial charge on any atom is 0.133 e. The van der Waals surface area contributed by atoms with E-state index in [0.29, 0.717) is 5.92 Å². The van der Waals surface area contributed by atoms with Crippen molar-refractivity contribution in [1.29, 1.82) is 0 Å². The number of hydrogen-bond donors (Lipinski definition) is 1. The van der Waals surface area contributed by atoms with Gasteiger partial charge in [0.05, 0.1) is 0 Å². The molecule has 1 N–H and O–H groups in total. The summed E-state index contributed by atoms with van der Waals surface area (Å²) in [6, 6.07) is 8.60. The molecule has 1 aromatic carbocycles. The van der Waals surface area contributed by atoms with Crippen LogP contribution in [0.15, 0.2) is 24.3 Å². The average molecular weight is 254 g/mol. The van der Waals surface area contributed by atoms with Gasteiger partial charge in [0.2, 0.25) is 0 Å². The quantitative estimate of drug-likeness (QED) is 0.894. The summed E-state index contributed by atoms with van der Waals surface area (Å²) in [7, 11) is 0. The number of hydrogen-bond acceptors (Lipinski definition) is 3. The molecule has 0 saturated carbocycles. The van der Waals surface area contributed by atoms with E-state index in [0.717, 1.165) is 25.9 Å². The maximum absolute atomic E-state index is 4.42. The lowest BCUT2D eigenvalue weighted by Crippen LogP contribution is -2.16. The molecule has 2 aromatic rings. The summed E-state index contributed by atoms with van der Waals surface area (Å²) in [5.41, 5.74) is 2.71. The van der Waals surface area contributed by atoms with Crippen LogP contribution in [-0.2, 0) is 19.4 Å². The summed E-state index contributed by atoms with van der Waals surface area (Å²) in [4.78, 5) is 0. The second kappa shape index (κ2) is 4.37. The van der Waals surface area contributed by atoms with Crippen LogP contribution in [0.5, 0.6) is 0 Å². The van der Waals surface area contributed by atoms with Crippen LogP contribution in [0, 0.1) is 0 Å². The molecular formula is C15H18N4. The van der Waals surface area contributed by atoms with Gasteiger partial charge in [-0.3, -0.25) is 0 Å². The summed E-state index contributed by atoms with van der Waals surface area (Å²) in [5.74, 6) is 2.88. The van der Waals surface area contributed by atoms with Gasteiger partial charge in [0.15, 0.2) is 0 Å². The van der Waals surface area contributed by atoms with Crippen LogP contribution in [0.2, 0.25) is 0 Å². The monoisotopic (exact) mass is 254 g/mol. The second-order valence-electron chi connectivity index (χ2n) is 5.51. The molecule has 1 aromatic heterocycles. The Bertz CT molecular complexity index is 602. The normalized spacial score (nSPS) is 20.7. The maximum atomic E-state index is 4.42. The van der Waals surface area contributed by atoms with Crippen molar-refractivity contribution in [3.63, 3.8) is 0 Å². The van der Waals surface area contributed by atoms with Crippen LogP contribution >= 0.6 is 0 Å². The van der Waals surface area contributed by atoms with E-state index in [1.165, 1.54) is 35.7 Å². The minimum absolute atomic E-state index is 0.534. The summed E-state index contributed by atoms with van der Waals surface area (Å²) in [5, 5.41) is 12.3. The van der Waals surface area contributed by atoms with Gasteiger partial charge in [-0.1, -0.05) is 18.2 Å². The number of aromatic nitrogens is 3. The minimum atomic E-state index is 0.534. The summed E-state index contributed by atoms with van der Waals surface area (Å²) in [6.07, 6.45) is 4.60. The zero-order chi connectivity index (χ0) is 12.7. The first-order valence-corrected chi connectivity index (χ1v) is 7.15. The molecule has 3 heterocycles. The molecule has 1 atom stereocenters. The number of para-hydroxylation sites is 1. The van der Waals surface area contributed by atoms with Crippen molar-refractivity contribution in [3.8, 4) is 0 Å². The molecule has 0 amide bonds. The third-order valence-corrected chi connectivity index (χ3v) is 4.30. The van der Waals surface area contributed by atoms with Gasteiger partial charge in [-0.2, -0.15) is 0 Å². The van der Waals surface area contributed by atoms with Gasteiger partial charge in [-0.05, 0) is 24.5 Å². The first-order chi connectivity index (χ1) is 9.42. The SMILES string of the molecule is c1ccc2c(c1)NCC2Cc1nnc2n1CCCC2. The molecule has 4 heteroatoms. The number of nitrogens with one attached hydrogen (secondary N) is 1. The Hall–Kier alpha value is -1.84. The van der Waals surface area contributed by atoms with Crippen molar-refractivity contribution >= 4 is 5.69 Å². The van der Waals surface area contributed by atoms with Gasteiger partial charge >= 0.3 is 0 Å². The Kier molecular flexibility index (Phi) is 2.53. The first-order valence-electron chi connectivity index (χ1n) is 7.15. The molecule has 0 fully saturated rings. The highest BCUT2D eigenvalue weighted by Crippen LogP contribution is 2.33. The Labute approximate surface area is 112 Å². The third kappa shape index (κ3) is 1.82. The Morgan fingerprint density at radius 3 is 3.16 bits per heavy atom. The number of fused-ring (bicyclic) bond motifs is 2. The highest BCUT2D eigenvalue weighted by atomic mass is 15.3. The van der Waals surface area contributed by atoms with E-state index in [-0.39, 0.29) is 0 Å². The van der Waals surface area contributed by atoms with Crippen molar-refractivity contribution in [1.82, 2.24) is 14.8 Å². The van der Waals surface area contributed by atoms with Gasteiger partial charge in [-0.25, -0.2) is 0 Å². The van der Waals surface area contributed by atoms with Gasteiger partial charge < -0.3 is 9.88 Å². The standard InChI is InChI=1S/C15H18N4/c1-2-6-13-12(5-1)11(10-16-13)9-15-18-17-14-7-3-4-8-19(14)15/h1-2,5-6,11,16H,3-4,7-10H2. The van der Waals surface area contributed by atoms with Crippen molar-refractivity contribution in [2.45, 2.75) is 38.1 Å². The molecule has 4 nitrogen and oxygen atoms in total. The molecule has 2 aliphatic heterocycles. The van der Waals surface area contributed by atoms with Crippen molar-refractivity contribution in [2.75, 3.05) is 11.9 Å². The van der Waals surface area contributed by atoms with E-state index in [4.69, 9.17) is 0 Å². The highest BCUT2D eigenvalue weighted by Gasteiger charge is 2.25. The molecule has 0 spiro atoms. The van der Waals surface area contributed by atoms with Gasteiger partial charge in [0.25, 0.3) is 0 Å². The zero-order valence-electron chi connectivity index (χ0n) is 11.0. The van der Waals surface area contributed by atoms with Crippen LogP contribution in [0.4, 0.5) is 5.69 Å². The van der Waals surface area contributed by atoms with Crippen LogP contribution < -0.4 is 5.32 Å². The average Bonchev–Trinajstić information content (AvgIpc) is 3.05. The zero-order valence-corrected chi connectivity index (χ0v) is 11.0. The largest absolute Gasteiger partial charge is 0.384 e. The lowest BCUT2D eigenvalue weighted by Gasteiger charge is -2.16. The molecule has 98 valence electrons. The lowest BCUT2D eigenvalue weighted by atomic mass is 9.97. The third-order valence-electron chi connectivity index (χ3n) is 4.30. The number of benzene rings is 1. The molecule has 4 rings (SSSR count). The van der Waals surface area contributed by atoms with Crippen molar-refractivity contribution < 1.29 is 0 Å². The number of anilines is 1. The van der Waals surface area contributed by atoms with Crippen LogP contribution in [0.25, 0.3) is 0 Å². The molecule has 0 aliphatic carbocycles. The van der Waals surface area contributed by atoms with Crippen LogP contribution in [0.1, 0.15) is 36.0 Å². The topological polar surface area (TPSA) is 42.7 Å². The number of nitrogens with zero attached hydrogens (tertiary/aromatic N) is 3. The summed E-state index contributed by atoms with van der Waals surface area (Å²) >= 11 is 0. The number of aryl methyl sites for hydroxylation is 1. The van der Waals surface area contributed by atoms with Crippen molar-refractivity contribution in [2.24, 2.45) is 0 Å². The Morgan fingerprint density at radius 2 is 2.16 bits per heavy atom. The van der Waals surface area contributed by atoms with Crippen LogP contribution in [-0.4, -0.2) is 21.3 Å². The Balaban J connectivity index is 1.61. The summed E-state index contributed by atoms with van der Waals surface area (Å²) in [6.45, 7) is 2.11. The second-order valence-corrected chi connectivity index (χ2v) is 5.51. The fraction of sp³-hybridized carbons (Fsp3) is 0.467. The Morgan fingerprint density at radius 1 is 1.21 bits per heavy atom. The van der Waals surface area contributed by atoms with E-state index in [2.05, 4.69) is 44.3 Å². The van der Waals surface area contributed by atoms with Gasteiger partial charge in [-0.15, -0.1) is 10.2 Å². The highest BCUT2D eigenvalue weighted by molar-refractivity contribution is 5.57. The van der Waals surface area contributed by atoms with Crippen molar-refractivity contribution in [3.05, 3.63) is 41.5 Å². The lowest BCUT2D eigenvalue weighted by molar-refractivity contribution is 0.501. The van der Waals surface area contributed by atoms with E-state index in [1.54, 1.807) is 0 Å². The van der Waals surface area contributed by atoms with E-state index >= 15 is 0 Å². The first kappa shape index (κ1) is 11.0. The molecule has 19 heavy (non-hydrogen) atoms. The van der Waals surface area contributed by atoms with E-state index < -0.39 is 0 Å². The summed E-state index contributed by atoms with van der Waals surface area (Å²) < 4.78 is 2.34. The van der Waals surface area contributed by atoms with Crippen LogP contribution in [0.3, 0.4) is 0 Å². The smallest absolute Gasteiger partial charge is 0.133 e. The van der Waals surface area contributed by atoms with E-state index in [9.17, 15) is 0 Å². The molecule has 0 radical (unpaired) electrons. The predicted molar refractivity (Wildman–Crippen MR) is 74.3 cm³/mol. The van der Waals surface area contributed by atoms with Gasteiger partial charge in [0, 0.05) is 37.5 Å². The fourth-order valence-electron chi connectivity index (χ4n) is 3.28. The molecule has 0 saturated heterocycles. The molecular weight excluding hydrogens is 236 g/mol. The van der Waals surface area contributed by atoms with Gasteiger partial charge in [0.1, 0.15) is 11.6 Å². The fourth-order valence-corrected chi connectivity index (χ4v) is 3.28.